The van der Waals surface area contributed by atoms with Gasteiger partial charge in [0.15, 0.2) is 0 Å². The van der Waals surface area contributed by atoms with Crippen molar-refractivity contribution in [2.24, 2.45) is 0 Å². The third-order valence-corrected chi connectivity index (χ3v) is 4.88. The number of rotatable bonds is 2. The molecule has 0 amide bonds. The van der Waals surface area contributed by atoms with Gasteiger partial charge in [-0.1, -0.05) is 0 Å². The summed E-state index contributed by atoms with van der Waals surface area (Å²) in [4.78, 5) is 3.99. The quantitative estimate of drug-likeness (QED) is 0.844. The fourth-order valence-electron chi connectivity index (χ4n) is 1.89. The van der Waals surface area contributed by atoms with Crippen molar-refractivity contribution in [1.82, 2.24) is 9.29 Å². The second kappa shape index (κ2) is 4.83. The number of sulfonamides is 1. The number of ether oxygens (including phenoxy) is 1. The molecule has 2 atom stereocenters. The molecule has 1 aromatic heterocycles. The highest BCUT2D eigenvalue weighted by Crippen LogP contribution is 2.22. The minimum Gasteiger partial charge on any atom is -0.384 e. The van der Waals surface area contributed by atoms with E-state index >= 15 is 0 Å². The molecular weight excluding hydrogens is 254 g/mol. The number of nitrogen functional groups attached to an aromatic ring is 1. The topological polar surface area (TPSA) is 85.5 Å². The number of nitrogens with zero attached hydrogens (tertiary/aromatic N) is 2. The van der Waals surface area contributed by atoms with Crippen LogP contribution in [0.4, 0.5) is 5.82 Å². The SMILES string of the molecule is CC1CN(S(=O)(=O)c2ccc(N)nc2)C(C)CO1. The molecule has 0 spiro atoms. The molecule has 1 aliphatic heterocycles. The van der Waals surface area contributed by atoms with E-state index in [1.54, 1.807) is 0 Å². The molecule has 0 aromatic carbocycles. The zero-order chi connectivity index (χ0) is 13.3. The first-order valence-corrected chi connectivity index (χ1v) is 7.20. The smallest absolute Gasteiger partial charge is 0.245 e. The Morgan fingerprint density at radius 2 is 2.17 bits per heavy atom. The Bertz CT molecular complexity index is 515. The number of pyridine rings is 1. The van der Waals surface area contributed by atoms with Crippen LogP contribution >= 0.6 is 0 Å². The van der Waals surface area contributed by atoms with E-state index < -0.39 is 10.0 Å². The van der Waals surface area contributed by atoms with Gasteiger partial charge < -0.3 is 10.5 Å². The third kappa shape index (κ3) is 2.47. The van der Waals surface area contributed by atoms with E-state index in [1.165, 1.54) is 22.6 Å². The monoisotopic (exact) mass is 271 g/mol. The highest BCUT2D eigenvalue weighted by Gasteiger charge is 2.34. The normalized spacial score (nSPS) is 26.1. The predicted molar refractivity (Wildman–Crippen MR) is 67.4 cm³/mol. The molecule has 0 bridgehead atoms. The van der Waals surface area contributed by atoms with E-state index in [-0.39, 0.29) is 17.0 Å². The van der Waals surface area contributed by atoms with E-state index in [0.717, 1.165) is 0 Å². The van der Waals surface area contributed by atoms with Gasteiger partial charge in [0, 0.05) is 18.8 Å². The summed E-state index contributed by atoms with van der Waals surface area (Å²) in [5.41, 5.74) is 5.46. The maximum atomic E-state index is 12.4. The van der Waals surface area contributed by atoms with Crippen LogP contribution < -0.4 is 5.73 Å². The lowest BCUT2D eigenvalue weighted by Gasteiger charge is -2.35. The fourth-order valence-corrected chi connectivity index (χ4v) is 3.52. The summed E-state index contributed by atoms with van der Waals surface area (Å²) in [6, 6.07) is 2.79. The summed E-state index contributed by atoms with van der Waals surface area (Å²) in [7, 11) is -3.53. The summed E-state index contributed by atoms with van der Waals surface area (Å²) in [6.07, 6.45) is 1.19. The number of hydrogen-bond acceptors (Lipinski definition) is 5. The number of aromatic nitrogens is 1. The van der Waals surface area contributed by atoms with E-state index in [9.17, 15) is 8.42 Å². The Morgan fingerprint density at radius 3 is 2.78 bits per heavy atom. The van der Waals surface area contributed by atoms with Crippen molar-refractivity contribution >= 4 is 15.8 Å². The molecule has 18 heavy (non-hydrogen) atoms. The van der Waals surface area contributed by atoms with Crippen LogP contribution in [0.1, 0.15) is 13.8 Å². The van der Waals surface area contributed by atoms with Gasteiger partial charge in [-0.2, -0.15) is 4.31 Å². The van der Waals surface area contributed by atoms with Crippen molar-refractivity contribution in [3.8, 4) is 0 Å². The molecule has 1 saturated heterocycles. The summed E-state index contributed by atoms with van der Waals surface area (Å²) in [5.74, 6) is 0.303. The molecule has 2 heterocycles. The number of nitrogens with two attached hydrogens (primary N) is 1. The minimum atomic E-state index is -3.53. The number of morpholine rings is 1. The summed E-state index contributed by atoms with van der Waals surface area (Å²) >= 11 is 0. The second-order valence-corrected chi connectivity index (χ2v) is 6.38. The van der Waals surface area contributed by atoms with E-state index in [4.69, 9.17) is 10.5 Å². The largest absolute Gasteiger partial charge is 0.384 e. The minimum absolute atomic E-state index is 0.0993. The lowest BCUT2D eigenvalue weighted by atomic mass is 10.2. The molecule has 2 unspecified atom stereocenters. The standard InChI is InChI=1S/C11H17N3O3S/c1-8-7-17-9(2)6-14(8)18(15,16)10-3-4-11(12)13-5-10/h3-5,8-9H,6-7H2,1-2H3,(H2,12,13). The van der Waals surface area contributed by atoms with Crippen LogP contribution in [-0.4, -0.2) is 43.0 Å². The summed E-state index contributed by atoms with van der Waals surface area (Å²) in [6.45, 7) is 4.44. The molecule has 1 fully saturated rings. The van der Waals surface area contributed by atoms with Gasteiger partial charge in [-0.3, -0.25) is 0 Å². The van der Waals surface area contributed by atoms with Gasteiger partial charge in [-0.25, -0.2) is 13.4 Å². The first-order chi connectivity index (χ1) is 8.41. The lowest BCUT2D eigenvalue weighted by molar-refractivity contribution is -0.0170. The molecular formula is C11H17N3O3S. The summed E-state index contributed by atoms with van der Waals surface area (Å²) < 4.78 is 31.8. The maximum absolute atomic E-state index is 12.4. The molecule has 7 heteroatoms. The van der Waals surface area contributed by atoms with E-state index in [2.05, 4.69) is 4.98 Å². The van der Waals surface area contributed by atoms with Crippen LogP contribution in [0.3, 0.4) is 0 Å². The Labute approximate surface area is 107 Å². The fraction of sp³-hybridized carbons (Fsp3) is 0.545. The first kappa shape index (κ1) is 13.3. The van der Waals surface area contributed by atoms with Crippen molar-refractivity contribution in [2.45, 2.75) is 30.9 Å². The number of anilines is 1. The van der Waals surface area contributed by atoms with Crippen molar-refractivity contribution in [1.29, 1.82) is 0 Å². The first-order valence-electron chi connectivity index (χ1n) is 5.76. The van der Waals surface area contributed by atoms with Crippen LogP contribution in [0.2, 0.25) is 0 Å². The zero-order valence-corrected chi connectivity index (χ0v) is 11.2. The van der Waals surface area contributed by atoms with Crippen LogP contribution in [-0.2, 0) is 14.8 Å². The van der Waals surface area contributed by atoms with Crippen molar-refractivity contribution in [3.63, 3.8) is 0 Å². The van der Waals surface area contributed by atoms with E-state index in [1.807, 2.05) is 13.8 Å². The van der Waals surface area contributed by atoms with Crippen LogP contribution in [0.5, 0.6) is 0 Å². The molecule has 0 radical (unpaired) electrons. The Morgan fingerprint density at radius 1 is 1.44 bits per heavy atom. The maximum Gasteiger partial charge on any atom is 0.245 e. The molecule has 2 rings (SSSR count). The molecule has 0 saturated carbocycles. The van der Waals surface area contributed by atoms with Gasteiger partial charge in [-0.15, -0.1) is 0 Å². The molecule has 1 aromatic rings. The highest BCUT2D eigenvalue weighted by molar-refractivity contribution is 7.89. The summed E-state index contributed by atoms with van der Waals surface area (Å²) in [5, 5.41) is 0. The van der Waals surface area contributed by atoms with Crippen LogP contribution in [0.25, 0.3) is 0 Å². The molecule has 100 valence electrons. The lowest BCUT2D eigenvalue weighted by Crippen LogP contribution is -2.50. The van der Waals surface area contributed by atoms with Gasteiger partial charge in [0.05, 0.1) is 12.7 Å². The number of hydrogen-bond donors (Lipinski definition) is 1. The van der Waals surface area contributed by atoms with Gasteiger partial charge in [-0.05, 0) is 26.0 Å². The Balaban J connectivity index is 2.32. The molecule has 2 N–H and O–H groups in total. The average Bonchev–Trinajstić information content (AvgIpc) is 2.32. The predicted octanol–water partition coefficient (Wildman–Crippen LogP) is 0.462. The van der Waals surface area contributed by atoms with E-state index in [0.29, 0.717) is 19.0 Å². The van der Waals surface area contributed by atoms with Crippen molar-refractivity contribution in [2.75, 3.05) is 18.9 Å². The van der Waals surface area contributed by atoms with Crippen LogP contribution in [0.15, 0.2) is 23.2 Å². The van der Waals surface area contributed by atoms with Crippen molar-refractivity contribution < 1.29 is 13.2 Å². The van der Waals surface area contributed by atoms with Gasteiger partial charge in [0.2, 0.25) is 10.0 Å². The van der Waals surface area contributed by atoms with Crippen LogP contribution in [0, 0.1) is 0 Å². The Kier molecular flexibility index (Phi) is 3.56. The molecule has 1 aliphatic rings. The molecule has 6 nitrogen and oxygen atoms in total. The van der Waals surface area contributed by atoms with Gasteiger partial charge in [0.1, 0.15) is 10.7 Å². The second-order valence-electron chi connectivity index (χ2n) is 4.49. The molecule has 0 aliphatic carbocycles. The van der Waals surface area contributed by atoms with Crippen molar-refractivity contribution in [3.05, 3.63) is 18.3 Å². The zero-order valence-electron chi connectivity index (χ0n) is 10.4. The average molecular weight is 271 g/mol. The Hall–Kier alpha value is -1.18. The third-order valence-electron chi connectivity index (χ3n) is 2.92. The highest BCUT2D eigenvalue weighted by atomic mass is 32.2. The van der Waals surface area contributed by atoms with Gasteiger partial charge >= 0.3 is 0 Å². The van der Waals surface area contributed by atoms with Gasteiger partial charge in [0.25, 0.3) is 0 Å².